The molecule has 0 saturated carbocycles. The minimum Gasteiger partial charge on any atom is -0.351 e. The van der Waals surface area contributed by atoms with Crippen LogP contribution in [0.15, 0.2) is 48.5 Å². The molecule has 0 unspecified atom stereocenters. The number of fused-ring (bicyclic) bond motifs is 1. The van der Waals surface area contributed by atoms with Crippen LogP contribution in [0.25, 0.3) is 10.9 Å². The number of carbonyl (C=O) groups is 1. The van der Waals surface area contributed by atoms with E-state index in [9.17, 15) is 18.0 Å². The Labute approximate surface area is 149 Å². The molecule has 2 aromatic carbocycles. The molecular weight excluding hydrogens is 341 g/mol. The second-order valence-corrected chi connectivity index (χ2v) is 6.20. The summed E-state index contributed by atoms with van der Waals surface area (Å²) in [6.45, 7) is 2.08. The summed E-state index contributed by atoms with van der Waals surface area (Å²) in [5, 5.41) is 3.15. The molecule has 3 aromatic rings. The smallest absolute Gasteiger partial charge is 0.351 e. The Kier molecular flexibility index (Phi) is 5.02. The largest absolute Gasteiger partial charge is 0.431 e. The summed E-state index contributed by atoms with van der Waals surface area (Å²) in [5.41, 5.74) is 2.39. The van der Waals surface area contributed by atoms with Crippen molar-refractivity contribution in [2.75, 3.05) is 5.32 Å². The van der Waals surface area contributed by atoms with Gasteiger partial charge < -0.3 is 10.3 Å². The van der Waals surface area contributed by atoms with E-state index >= 15 is 0 Å². The molecule has 136 valence electrons. The molecule has 0 aliphatic carbocycles. The number of halogens is 3. The first-order chi connectivity index (χ1) is 12.3. The molecule has 1 aromatic heterocycles. The van der Waals surface area contributed by atoms with E-state index < -0.39 is 11.9 Å². The van der Waals surface area contributed by atoms with Gasteiger partial charge in [-0.2, -0.15) is 13.2 Å². The number of aromatic amines is 1. The van der Waals surface area contributed by atoms with Gasteiger partial charge in [0.05, 0.1) is 0 Å². The molecular formula is C20H19F3N2O. The van der Waals surface area contributed by atoms with Gasteiger partial charge in [0.1, 0.15) is 5.69 Å². The van der Waals surface area contributed by atoms with Crippen LogP contribution in [0.3, 0.4) is 0 Å². The maximum absolute atomic E-state index is 12.7. The van der Waals surface area contributed by atoms with Gasteiger partial charge >= 0.3 is 6.18 Å². The van der Waals surface area contributed by atoms with E-state index in [4.69, 9.17) is 0 Å². The zero-order valence-corrected chi connectivity index (χ0v) is 14.3. The topological polar surface area (TPSA) is 44.9 Å². The first-order valence-electron chi connectivity index (χ1n) is 8.43. The molecule has 26 heavy (non-hydrogen) atoms. The van der Waals surface area contributed by atoms with Crippen molar-refractivity contribution in [2.45, 2.75) is 32.4 Å². The second-order valence-electron chi connectivity index (χ2n) is 6.20. The summed E-state index contributed by atoms with van der Waals surface area (Å²) in [4.78, 5) is 14.4. The van der Waals surface area contributed by atoms with Gasteiger partial charge in [0, 0.05) is 23.0 Å². The van der Waals surface area contributed by atoms with Crippen LogP contribution in [0.2, 0.25) is 0 Å². The first-order valence-corrected chi connectivity index (χ1v) is 8.43. The van der Waals surface area contributed by atoms with Crippen LogP contribution in [0.1, 0.15) is 30.2 Å². The second kappa shape index (κ2) is 7.23. The fraction of sp³-hybridized carbons (Fsp3) is 0.250. The molecule has 0 aliphatic rings. The standard InChI is InChI=1S/C20H19F3N2O/c1-2-13-3-5-14(6-4-13)7-10-19(26)24-16-8-9-17-15(11-16)12-18(25-17)20(21,22)23/h3-6,8-9,11-12,25H,2,7,10H2,1H3,(H,24,26). The quantitative estimate of drug-likeness (QED) is 0.635. The SMILES string of the molecule is CCc1ccc(CCC(=O)Nc2ccc3[nH]c(C(F)(F)F)cc3c2)cc1. The number of H-pyrrole nitrogens is 1. The highest BCUT2D eigenvalue weighted by Gasteiger charge is 2.32. The number of aryl methyl sites for hydroxylation is 2. The molecule has 3 rings (SSSR count). The van der Waals surface area contributed by atoms with E-state index in [-0.39, 0.29) is 5.91 Å². The Morgan fingerprint density at radius 1 is 1.04 bits per heavy atom. The third-order valence-electron chi connectivity index (χ3n) is 4.28. The van der Waals surface area contributed by atoms with Gasteiger partial charge in [0.15, 0.2) is 0 Å². The molecule has 0 atom stereocenters. The summed E-state index contributed by atoms with van der Waals surface area (Å²) in [5.74, 6) is -0.171. The highest BCUT2D eigenvalue weighted by Crippen LogP contribution is 2.31. The maximum atomic E-state index is 12.7. The third kappa shape index (κ3) is 4.25. The average Bonchev–Trinajstić information content (AvgIpc) is 3.04. The van der Waals surface area contributed by atoms with Crippen molar-refractivity contribution in [2.24, 2.45) is 0 Å². The number of carbonyl (C=O) groups excluding carboxylic acids is 1. The van der Waals surface area contributed by atoms with E-state index in [1.165, 1.54) is 17.7 Å². The van der Waals surface area contributed by atoms with E-state index in [1.807, 2.05) is 24.3 Å². The lowest BCUT2D eigenvalue weighted by atomic mass is 10.1. The van der Waals surface area contributed by atoms with E-state index in [0.29, 0.717) is 29.4 Å². The van der Waals surface area contributed by atoms with Crippen LogP contribution < -0.4 is 5.32 Å². The Hall–Kier alpha value is -2.76. The summed E-state index contributed by atoms with van der Waals surface area (Å²) in [6, 6.07) is 13.8. The molecule has 0 radical (unpaired) electrons. The highest BCUT2D eigenvalue weighted by molar-refractivity contribution is 5.94. The minimum absolute atomic E-state index is 0.171. The number of benzene rings is 2. The van der Waals surface area contributed by atoms with Crippen molar-refractivity contribution in [3.63, 3.8) is 0 Å². The number of rotatable bonds is 5. The summed E-state index contributed by atoms with van der Waals surface area (Å²) in [6.07, 6.45) is -2.53. The lowest BCUT2D eigenvalue weighted by Crippen LogP contribution is -2.12. The molecule has 1 amide bonds. The number of alkyl halides is 3. The molecule has 0 fully saturated rings. The molecule has 0 saturated heterocycles. The van der Waals surface area contributed by atoms with Crippen LogP contribution in [-0.4, -0.2) is 10.9 Å². The van der Waals surface area contributed by atoms with Crippen molar-refractivity contribution in [1.82, 2.24) is 4.98 Å². The van der Waals surface area contributed by atoms with Gasteiger partial charge in [-0.25, -0.2) is 0 Å². The van der Waals surface area contributed by atoms with Crippen LogP contribution in [0.4, 0.5) is 18.9 Å². The molecule has 0 spiro atoms. The zero-order valence-electron chi connectivity index (χ0n) is 14.3. The molecule has 2 N–H and O–H groups in total. The predicted octanol–water partition coefficient (Wildman–Crippen LogP) is 5.32. The monoisotopic (exact) mass is 360 g/mol. The van der Waals surface area contributed by atoms with Gasteiger partial charge in [-0.05, 0) is 48.2 Å². The average molecular weight is 360 g/mol. The number of anilines is 1. The number of amides is 1. The lowest BCUT2D eigenvalue weighted by molar-refractivity contribution is -0.140. The summed E-state index contributed by atoms with van der Waals surface area (Å²) >= 11 is 0. The Morgan fingerprint density at radius 2 is 1.73 bits per heavy atom. The summed E-state index contributed by atoms with van der Waals surface area (Å²) in [7, 11) is 0. The molecule has 0 aliphatic heterocycles. The van der Waals surface area contributed by atoms with Gasteiger partial charge in [-0.3, -0.25) is 4.79 Å². The number of hydrogen-bond donors (Lipinski definition) is 2. The maximum Gasteiger partial charge on any atom is 0.431 e. The molecule has 6 heteroatoms. The van der Waals surface area contributed by atoms with Crippen LogP contribution in [0, 0.1) is 0 Å². The van der Waals surface area contributed by atoms with Crippen molar-refractivity contribution < 1.29 is 18.0 Å². The van der Waals surface area contributed by atoms with Gasteiger partial charge in [0.25, 0.3) is 0 Å². The Bertz CT molecular complexity index is 911. The number of aromatic nitrogens is 1. The van der Waals surface area contributed by atoms with Gasteiger partial charge in [-0.1, -0.05) is 31.2 Å². The third-order valence-corrected chi connectivity index (χ3v) is 4.28. The van der Waals surface area contributed by atoms with Crippen LogP contribution >= 0.6 is 0 Å². The first kappa shape index (κ1) is 18.0. The van der Waals surface area contributed by atoms with Crippen LogP contribution in [-0.2, 0) is 23.8 Å². The lowest BCUT2D eigenvalue weighted by Gasteiger charge is -2.06. The van der Waals surface area contributed by atoms with E-state index in [2.05, 4.69) is 17.2 Å². The highest BCUT2D eigenvalue weighted by atomic mass is 19.4. The van der Waals surface area contributed by atoms with Crippen LogP contribution in [0.5, 0.6) is 0 Å². The predicted molar refractivity (Wildman–Crippen MR) is 96.1 cm³/mol. The van der Waals surface area contributed by atoms with Crippen molar-refractivity contribution in [3.05, 3.63) is 65.4 Å². The molecule has 0 bridgehead atoms. The van der Waals surface area contributed by atoms with Crippen molar-refractivity contribution >= 4 is 22.5 Å². The van der Waals surface area contributed by atoms with Gasteiger partial charge in [0.2, 0.25) is 5.91 Å². The van der Waals surface area contributed by atoms with Crippen molar-refractivity contribution in [1.29, 1.82) is 0 Å². The number of hydrogen-bond acceptors (Lipinski definition) is 1. The van der Waals surface area contributed by atoms with E-state index in [0.717, 1.165) is 18.1 Å². The minimum atomic E-state index is -4.42. The zero-order chi connectivity index (χ0) is 18.7. The summed E-state index contributed by atoms with van der Waals surface area (Å²) < 4.78 is 38.2. The van der Waals surface area contributed by atoms with Gasteiger partial charge in [-0.15, -0.1) is 0 Å². The van der Waals surface area contributed by atoms with E-state index in [1.54, 1.807) is 6.07 Å². The fourth-order valence-electron chi connectivity index (χ4n) is 2.79. The number of nitrogens with one attached hydrogen (secondary N) is 2. The molecule has 1 heterocycles. The normalized spacial score (nSPS) is 11.7. The Morgan fingerprint density at radius 3 is 2.38 bits per heavy atom. The van der Waals surface area contributed by atoms with Crippen molar-refractivity contribution in [3.8, 4) is 0 Å². The fourth-order valence-corrected chi connectivity index (χ4v) is 2.79. The molecule has 3 nitrogen and oxygen atoms in total. The Balaban J connectivity index is 1.63.